The highest BCUT2D eigenvalue weighted by atomic mass is 16.5. The molecule has 0 saturated heterocycles. The number of fused-ring (bicyclic) bond motifs is 1. The van der Waals surface area contributed by atoms with E-state index in [0.29, 0.717) is 17.4 Å². The van der Waals surface area contributed by atoms with E-state index in [9.17, 15) is 4.79 Å². The number of rotatable bonds is 4. The van der Waals surface area contributed by atoms with Gasteiger partial charge in [0.25, 0.3) is 5.91 Å². The van der Waals surface area contributed by atoms with Crippen LogP contribution in [0.1, 0.15) is 10.5 Å². The van der Waals surface area contributed by atoms with E-state index in [-0.39, 0.29) is 5.91 Å². The second kappa shape index (κ2) is 6.36. The standard InChI is InChI=1S/C19H17N5O2/c1-24-11-20-10-14(24)18(25)23-19-21-16-13(12-6-4-3-5-7-12)8-9-15(26-2)17(16)22-19/h3-11H,1-2H3,(H2,21,22,23,25). The Morgan fingerprint density at radius 3 is 2.69 bits per heavy atom. The van der Waals surface area contributed by atoms with E-state index in [1.54, 1.807) is 25.1 Å². The van der Waals surface area contributed by atoms with E-state index < -0.39 is 0 Å². The summed E-state index contributed by atoms with van der Waals surface area (Å²) in [6.07, 6.45) is 3.08. The van der Waals surface area contributed by atoms with Crippen LogP contribution >= 0.6 is 0 Å². The Morgan fingerprint density at radius 1 is 1.19 bits per heavy atom. The molecule has 7 heteroatoms. The summed E-state index contributed by atoms with van der Waals surface area (Å²) >= 11 is 0. The lowest BCUT2D eigenvalue weighted by Crippen LogP contribution is -2.16. The number of methoxy groups -OCH3 is 1. The molecular formula is C19H17N5O2. The third-order valence-electron chi connectivity index (χ3n) is 4.19. The van der Waals surface area contributed by atoms with Gasteiger partial charge in [0.1, 0.15) is 22.5 Å². The Kier molecular flexibility index (Phi) is 3.89. The largest absolute Gasteiger partial charge is 0.494 e. The lowest BCUT2D eigenvalue weighted by molar-refractivity contribution is 0.101. The van der Waals surface area contributed by atoms with Crippen molar-refractivity contribution in [1.29, 1.82) is 0 Å². The quantitative estimate of drug-likeness (QED) is 0.593. The van der Waals surface area contributed by atoms with Crippen LogP contribution in [0.5, 0.6) is 5.75 Å². The van der Waals surface area contributed by atoms with E-state index in [1.165, 1.54) is 6.20 Å². The number of amides is 1. The molecule has 2 N–H and O–H groups in total. The fraction of sp³-hybridized carbons (Fsp3) is 0.105. The first-order chi connectivity index (χ1) is 12.7. The van der Waals surface area contributed by atoms with Crippen LogP contribution in [0.25, 0.3) is 22.2 Å². The number of hydrogen-bond acceptors (Lipinski definition) is 4. The first kappa shape index (κ1) is 15.9. The van der Waals surface area contributed by atoms with Gasteiger partial charge in [-0.25, -0.2) is 9.97 Å². The van der Waals surface area contributed by atoms with Gasteiger partial charge >= 0.3 is 0 Å². The average Bonchev–Trinajstić information content (AvgIpc) is 3.27. The number of hydrogen-bond donors (Lipinski definition) is 2. The van der Waals surface area contributed by atoms with E-state index in [2.05, 4.69) is 20.3 Å². The topological polar surface area (TPSA) is 84.8 Å². The van der Waals surface area contributed by atoms with Gasteiger partial charge in [0.05, 0.1) is 19.6 Å². The number of ether oxygens (including phenoxy) is 1. The molecule has 0 bridgehead atoms. The van der Waals surface area contributed by atoms with Crippen molar-refractivity contribution in [2.24, 2.45) is 7.05 Å². The minimum atomic E-state index is -0.288. The minimum absolute atomic E-state index is 0.288. The number of aromatic nitrogens is 4. The summed E-state index contributed by atoms with van der Waals surface area (Å²) in [7, 11) is 3.36. The van der Waals surface area contributed by atoms with Crippen molar-refractivity contribution in [3.63, 3.8) is 0 Å². The average molecular weight is 347 g/mol. The highest BCUT2D eigenvalue weighted by Gasteiger charge is 2.16. The van der Waals surface area contributed by atoms with Gasteiger partial charge < -0.3 is 14.3 Å². The van der Waals surface area contributed by atoms with Crippen molar-refractivity contribution in [1.82, 2.24) is 19.5 Å². The van der Waals surface area contributed by atoms with Crippen LogP contribution in [-0.2, 0) is 7.05 Å². The Bertz CT molecular complexity index is 1080. The molecule has 0 spiro atoms. The number of nitrogens with zero attached hydrogens (tertiary/aromatic N) is 3. The van der Waals surface area contributed by atoms with Gasteiger partial charge in [-0.15, -0.1) is 0 Å². The van der Waals surface area contributed by atoms with Crippen LogP contribution in [0.15, 0.2) is 55.0 Å². The minimum Gasteiger partial charge on any atom is -0.494 e. The van der Waals surface area contributed by atoms with Crippen LogP contribution < -0.4 is 10.1 Å². The summed E-state index contributed by atoms with van der Waals surface area (Å²) in [4.78, 5) is 24.1. The lowest BCUT2D eigenvalue weighted by Gasteiger charge is -2.05. The zero-order valence-corrected chi connectivity index (χ0v) is 14.4. The van der Waals surface area contributed by atoms with E-state index in [4.69, 9.17) is 4.74 Å². The Labute approximate surface area is 149 Å². The van der Waals surface area contributed by atoms with Gasteiger partial charge in [-0.1, -0.05) is 30.3 Å². The van der Waals surface area contributed by atoms with Crippen molar-refractivity contribution < 1.29 is 9.53 Å². The predicted octanol–water partition coefficient (Wildman–Crippen LogP) is 3.22. The predicted molar refractivity (Wildman–Crippen MR) is 99.2 cm³/mol. The third kappa shape index (κ3) is 2.69. The molecule has 26 heavy (non-hydrogen) atoms. The van der Waals surface area contributed by atoms with Crippen molar-refractivity contribution >= 4 is 22.9 Å². The summed E-state index contributed by atoms with van der Waals surface area (Å²) < 4.78 is 7.08. The number of carbonyl (C=O) groups is 1. The summed E-state index contributed by atoms with van der Waals surface area (Å²) in [6, 6.07) is 13.8. The second-order valence-electron chi connectivity index (χ2n) is 5.83. The molecule has 0 radical (unpaired) electrons. The lowest BCUT2D eigenvalue weighted by atomic mass is 10.0. The van der Waals surface area contributed by atoms with Gasteiger partial charge in [-0.05, 0) is 17.7 Å². The number of carbonyl (C=O) groups excluding carboxylic acids is 1. The number of nitrogens with one attached hydrogen (secondary N) is 2. The van der Waals surface area contributed by atoms with Crippen LogP contribution in [0.2, 0.25) is 0 Å². The Morgan fingerprint density at radius 2 is 2.00 bits per heavy atom. The molecule has 2 heterocycles. The first-order valence-electron chi connectivity index (χ1n) is 8.07. The number of aromatic amines is 1. The van der Waals surface area contributed by atoms with Gasteiger partial charge in [0.2, 0.25) is 5.95 Å². The smallest absolute Gasteiger partial charge is 0.276 e. The molecule has 1 amide bonds. The molecular weight excluding hydrogens is 330 g/mol. The van der Waals surface area contributed by atoms with Crippen molar-refractivity contribution in [2.45, 2.75) is 0 Å². The van der Waals surface area contributed by atoms with E-state index in [1.807, 2.05) is 42.5 Å². The van der Waals surface area contributed by atoms with Crippen LogP contribution in [0.4, 0.5) is 5.95 Å². The fourth-order valence-corrected chi connectivity index (χ4v) is 2.90. The zero-order chi connectivity index (χ0) is 18.1. The zero-order valence-electron chi connectivity index (χ0n) is 14.4. The number of aryl methyl sites for hydroxylation is 1. The normalized spacial score (nSPS) is 10.8. The van der Waals surface area contributed by atoms with Gasteiger partial charge in [-0.2, -0.15) is 0 Å². The van der Waals surface area contributed by atoms with Crippen molar-refractivity contribution in [3.05, 3.63) is 60.7 Å². The number of anilines is 1. The molecule has 4 rings (SSSR count). The summed E-state index contributed by atoms with van der Waals surface area (Å²) in [5.74, 6) is 0.727. The number of imidazole rings is 2. The SMILES string of the molecule is COc1ccc(-c2ccccc2)c2nc(NC(=O)c3cncn3C)[nH]c12. The molecule has 0 fully saturated rings. The van der Waals surface area contributed by atoms with Crippen molar-refractivity contribution in [2.75, 3.05) is 12.4 Å². The number of benzene rings is 2. The summed E-state index contributed by atoms with van der Waals surface area (Å²) in [6.45, 7) is 0. The molecule has 0 aliphatic carbocycles. The highest BCUT2D eigenvalue weighted by molar-refractivity contribution is 6.04. The second-order valence-corrected chi connectivity index (χ2v) is 5.83. The summed E-state index contributed by atoms with van der Waals surface area (Å²) in [5.41, 5.74) is 3.90. The highest BCUT2D eigenvalue weighted by Crippen LogP contribution is 2.33. The molecule has 0 saturated carbocycles. The maximum atomic E-state index is 12.4. The van der Waals surface area contributed by atoms with Gasteiger partial charge in [-0.3, -0.25) is 10.1 Å². The van der Waals surface area contributed by atoms with E-state index in [0.717, 1.165) is 22.2 Å². The van der Waals surface area contributed by atoms with Crippen LogP contribution in [-0.4, -0.2) is 32.5 Å². The molecule has 130 valence electrons. The molecule has 0 aliphatic rings. The van der Waals surface area contributed by atoms with Crippen LogP contribution in [0, 0.1) is 0 Å². The Balaban J connectivity index is 1.78. The first-order valence-corrected chi connectivity index (χ1v) is 8.07. The van der Waals surface area contributed by atoms with Crippen LogP contribution in [0.3, 0.4) is 0 Å². The van der Waals surface area contributed by atoms with Crippen molar-refractivity contribution in [3.8, 4) is 16.9 Å². The van der Waals surface area contributed by atoms with Gasteiger partial charge in [0.15, 0.2) is 0 Å². The molecule has 7 nitrogen and oxygen atoms in total. The molecule has 4 aromatic rings. The number of H-pyrrole nitrogens is 1. The Hall–Kier alpha value is -3.61. The molecule has 0 aliphatic heterocycles. The maximum Gasteiger partial charge on any atom is 0.276 e. The molecule has 0 atom stereocenters. The molecule has 2 aromatic heterocycles. The third-order valence-corrected chi connectivity index (χ3v) is 4.19. The molecule has 0 unspecified atom stereocenters. The monoisotopic (exact) mass is 347 g/mol. The fourth-order valence-electron chi connectivity index (χ4n) is 2.90. The van der Waals surface area contributed by atoms with E-state index >= 15 is 0 Å². The summed E-state index contributed by atoms with van der Waals surface area (Å²) in [5, 5.41) is 2.78. The van der Waals surface area contributed by atoms with Gasteiger partial charge in [0, 0.05) is 12.6 Å². The maximum absolute atomic E-state index is 12.4. The molecule has 2 aromatic carbocycles.